The molecule has 0 aromatic carbocycles. The molecule has 2 rings (SSSR count). The van der Waals surface area contributed by atoms with Gasteiger partial charge in [-0.1, -0.05) is 20.8 Å². The summed E-state index contributed by atoms with van der Waals surface area (Å²) in [6.07, 6.45) is 3.81. The van der Waals surface area contributed by atoms with Crippen molar-refractivity contribution in [2.75, 3.05) is 13.1 Å². The van der Waals surface area contributed by atoms with Gasteiger partial charge in [-0.3, -0.25) is 9.48 Å². The number of aryl methyl sites for hydroxylation is 1. The van der Waals surface area contributed by atoms with E-state index >= 15 is 0 Å². The third-order valence-corrected chi connectivity index (χ3v) is 4.28. The highest BCUT2D eigenvalue weighted by atomic mass is 16.2. The van der Waals surface area contributed by atoms with E-state index in [1.54, 1.807) is 0 Å². The number of likely N-dealkylation sites (tertiary alicyclic amines) is 1. The lowest BCUT2D eigenvalue weighted by Gasteiger charge is -2.36. The summed E-state index contributed by atoms with van der Waals surface area (Å²) in [4.78, 5) is 14.3. The summed E-state index contributed by atoms with van der Waals surface area (Å²) in [7, 11) is 1.97. The number of nitrogens with two attached hydrogens (primary N) is 1. The monoisotopic (exact) mass is 278 g/mol. The number of hydrogen-bond donors (Lipinski definition) is 1. The van der Waals surface area contributed by atoms with Gasteiger partial charge in [0.2, 0.25) is 5.91 Å². The second-order valence-electron chi connectivity index (χ2n) is 6.82. The predicted octanol–water partition coefficient (Wildman–Crippen LogP) is 1.50. The first-order valence-corrected chi connectivity index (χ1v) is 7.33. The van der Waals surface area contributed by atoms with Crippen LogP contribution in [0.2, 0.25) is 0 Å². The molecule has 0 saturated carbocycles. The molecular weight excluding hydrogens is 252 g/mol. The van der Waals surface area contributed by atoms with E-state index in [4.69, 9.17) is 5.73 Å². The van der Waals surface area contributed by atoms with Crippen LogP contribution in [0, 0.1) is 5.41 Å². The Hall–Kier alpha value is -1.36. The van der Waals surface area contributed by atoms with E-state index in [9.17, 15) is 4.79 Å². The Balaban J connectivity index is 1.95. The average Bonchev–Trinajstić information content (AvgIpc) is 2.82. The van der Waals surface area contributed by atoms with Gasteiger partial charge in [-0.05, 0) is 24.3 Å². The number of amides is 1. The predicted molar refractivity (Wildman–Crippen MR) is 79.2 cm³/mol. The van der Waals surface area contributed by atoms with Gasteiger partial charge in [0.25, 0.3) is 0 Å². The summed E-state index contributed by atoms with van der Waals surface area (Å²) in [6.45, 7) is 7.62. The highest BCUT2D eigenvalue weighted by molar-refractivity contribution is 5.82. The summed E-state index contributed by atoms with van der Waals surface area (Å²) in [5.41, 5.74) is 7.15. The molecule has 1 aliphatic heterocycles. The Morgan fingerprint density at radius 1 is 1.40 bits per heavy atom. The minimum Gasteiger partial charge on any atom is -0.341 e. The molecule has 112 valence electrons. The average molecular weight is 278 g/mol. The minimum absolute atomic E-state index is 0.0842. The fraction of sp³-hybridized carbons (Fsp3) is 0.733. The molecule has 1 aromatic heterocycles. The maximum atomic E-state index is 12.4. The zero-order valence-electron chi connectivity index (χ0n) is 13.0. The Labute approximate surface area is 121 Å². The Morgan fingerprint density at radius 2 is 2.00 bits per heavy atom. The second-order valence-corrected chi connectivity index (χ2v) is 6.82. The Kier molecular flexibility index (Phi) is 4.18. The number of hydrogen-bond acceptors (Lipinski definition) is 3. The molecule has 20 heavy (non-hydrogen) atoms. The van der Waals surface area contributed by atoms with Crippen molar-refractivity contribution in [1.29, 1.82) is 0 Å². The molecule has 0 spiro atoms. The van der Waals surface area contributed by atoms with Crippen LogP contribution in [0.25, 0.3) is 0 Å². The van der Waals surface area contributed by atoms with Gasteiger partial charge in [-0.2, -0.15) is 5.10 Å². The van der Waals surface area contributed by atoms with Crippen LogP contribution in [0.4, 0.5) is 0 Å². The fourth-order valence-electron chi connectivity index (χ4n) is 2.75. The summed E-state index contributed by atoms with van der Waals surface area (Å²) >= 11 is 0. The molecule has 0 radical (unpaired) electrons. The first kappa shape index (κ1) is 15.0. The molecule has 0 bridgehead atoms. The highest BCUT2D eigenvalue weighted by Crippen LogP contribution is 2.28. The van der Waals surface area contributed by atoms with Crippen LogP contribution >= 0.6 is 0 Å². The van der Waals surface area contributed by atoms with E-state index in [0.717, 1.165) is 25.9 Å². The van der Waals surface area contributed by atoms with Crippen molar-refractivity contribution >= 4 is 5.91 Å². The highest BCUT2D eigenvalue weighted by Gasteiger charge is 2.33. The van der Waals surface area contributed by atoms with E-state index in [1.807, 2.05) is 43.6 Å². The number of carbonyl (C=O) groups excluding carboxylic acids is 1. The maximum absolute atomic E-state index is 12.4. The Bertz CT molecular complexity index is 466. The SMILES string of the molecule is Cn1nccc1C1CCN(C(=O)[C@@H](N)C(C)(C)C)CC1. The zero-order valence-corrected chi connectivity index (χ0v) is 13.0. The lowest BCUT2D eigenvalue weighted by atomic mass is 9.85. The van der Waals surface area contributed by atoms with E-state index < -0.39 is 6.04 Å². The van der Waals surface area contributed by atoms with E-state index in [1.165, 1.54) is 5.69 Å². The van der Waals surface area contributed by atoms with Gasteiger partial charge in [0.15, 0.2) is 0 Å². The molecule has 5 nitrogen and oxygen atoms in total. The molecule has 1 aromatic rings. The van der Waals surface area contributed by atoms with Crippen LogP contribution in [0.3, 0.4) is 0 Å². The molecule has 1 fully saturated rings. The van der Waals surface area contributed by atoms with Crippen LogP contribution < -0.4 is 5.73 Å². The molecular formula is C15H26N4O. The molecule has 2 N–H and O–H groups in total. The van der Waals surface area contributed by atoms with Crippen molar-refractivity contribution in [3.63, 3.8) is 0 Å². The smallest absolute Gasteiger partial charge is 0.240 e. The Morgan fingerprint density at radius 3 is 2.45 bits per heavy atom. The van der Waals surface area contributed by atoms with Crippen molar-refractivity contribution in [2.45, 2.75) is 45.6 Å². The van der Waals surface area contributed by atoms with Crippen LogP contribution in [0.5, 0.6) is 0 Å². The van der Waals surface area contributed by atoms with Gasteiger partial charge >= 0.3 is 0 Å². The molecule has 5 heteroatoms. The first-order valence-electron chi connectivity index (χ1n) is 7.33. The van der Waals surface area contributed by atoms with Gasteiger partial charge in [0.05, 0.1) is 6.04 Å². The molecule has 0 unspecified atom stereocenters. The quantitative estimate of drug-likeness (QED) is 0.891. The van der Waals surface area contributed by atoms with Crippen molar-refractivity contribution in [1.82, 2.24) is 14.7 Å². The largest absolute Gasteiger partial charge is 0.341 e. The van der Waals surface area contributed by atoms with Gasteiger partial charge in [-0.25, -0.2) is 0 Å². The van der Waals surface area contributed by atoms with Crippen LogP contribution in [0.1, 0.15) is 45.2 Å². The number of piperidine rings is 1. The van der Waals surface area contributed by atoms with E-state index in [2.05, 4.69) is 11.2 Å². The molecule has 1 saturated heterocycles. The van der Waals surface area contributed by atoms with Crippen LogP contribution in [-0.4, -0.2) is 39.7 Å². The topological polar surface area (TPSA) is 64.2 Å². The summed E-state index contributed by atoms with van der Waals surface area (Å²) in [5, 5.41) is 4.22. The fourth-order valence-corrected chi connectivity index (χ4v) is 2.75. The number of nitrogens with zero attached hydrogens (tertiary/aromatic N) is 3. The minimum atomic E-state index is -0.421. The molecule has 1 amide bonds. The molecule has 2 heterocycles. The molecule has 1 aliphatic rings. The summed E-state index contributed by atoms with van der Waals surface area (Å²) < 4.78 is 1.93. The van der Waals surface area contributed by atoms with Crippen molar-refractivity contribution in [2.24, 2.45) is 18.2 Å². The van der Waals surface area contributed by atoms with Crippen molar-refractivity contribution < 1.29 is 4.79 Å². The molecule has 0 aliphatic carbocycles. The zero-order chi connectivity index (χ0) is 14.9. The third kappa shape index (κ3) is 3.03. The number of rotatable bonds is 2. The molecule has 1 atom stereocenters. The lowest BCUT2D eigenvalue weighted by Crippen LogP contribution is -2.52. The van der Waals surface area contributed by atoms with Gasteiger partial charge in [0.1, 0.15) is 0 Å². The van der Waals surface area contributed by atoms with E-state index in [0.29, 0.717) is 5.92 Å². The normalized spacial score (nSPS) is 19.1. The van der Waals surface area contributed by atoms with Crippen molar-refractivity contribution in [3.05, 3.63) is 18.0 Å². The van der Waals surface area contributed by atoms with E-state index in [-0.39, 0.29) is 11.3 Å². The van der Waals surface area contributed by atoms with Crippen molar-refractivity contribution in [3.8, 4) is 0 Å². The number of carbonyl (C=O) groups is 1. The van der Waals surface area contributed by atoms with Crippen LogP contribution in [0.15, 0.2) is 12.3 Å². The number of aromatic nitrogens is 2. The first-order chi connectivity index (χ1) is 9.30. The standard InChI is InChI=1S/C15H26N4O/c1-15(2,3)13(16)14(20)19-9-6-11(7-10-19)12-5-8-17-18(12)4/h5,8,11,13H,6-7,9-10,16H2,1-4H3/t13-/m1/s1. The van der Waals surface area contributed by atoms with Gasteiger partial charge in [0, 0.05) is 37.9 Å². The lowest BCUT2D eigenvalue weighted by molar-refractivity contribution is -0.136. The van der Waals surface area contributed by atoms with Gasteiger partial charge < -0.3 is 10.6 Å². The maximum Gasteiger partial charge on any atom is 0.240 e. The second kappa shape index (κ2) is 5.56. The van der Waals surface area contributed by atoms with Gasteiger partial charge in [-0.15, -0.1) is 0 Å². The summed E-state index contributed by atoms with van der Waals surface area (Å²) in [5.74, 6) is 0.582. The third-order valence-electron chi connectivity index (χ3n) is 4.28. The summed E-state index contributed by atoms with van der Waals surface area (Å²) in [6, 6.07) is 1.65. The van der Waals surface area contributed by atoms with Crippen LogP contribution in [-0.2, 0) is 11.8 Å².